The summed E-state index contributed by atoms with van der Waals surface area (Å²) in [6, 6.07) is 7.45. The van der Waals surface area contributed by atoms with Crippen LogP contribution in [0, 0.1) is 5.82 Å². The maximum Gasteiger partial charge on any atom is 0.167 e. The first-order valence-corrected chi connectivity index (χ1v) is 13.2. The average Bonchev–Trinajstić information content (AvgIpc) is 3.39. The summed E-state index contributed by atoms with van der Waals surface area (Å²) in [6.07, 6.45) is 8.27. The highest BCUT2D eigenvalue weighted by atomic mass is 19.1. The summed E-state index contributed by atoms with van der Waals surface area (Å²) in [6.45, 7) is 7.08. The SMILES string of the molecule is C=N/C=C(F)\C(=N/CNc1ccc(CN(C)C2CCCCNC2)cn1)c1cc(F)c2nc3n(c2c1)CCC3. The Morgan fingerprint density at radius 3 is 3.03 bits per heavy atom. The number of halogens is 2. The summed E-state index contributed by atoms with van der Waals surface area (Å²) in [7, 11) is 2.15. The number of imidazole rings is 1. The number of allylic oxidation sites excluding steroid dienone is 1. The molecule has 3 aromatic rings. The minimum atomic E-state index is -0.693. The second-order valence-electron chi connectivity index (χ2n) is 9.93. The van der Waals surface area contributed by atoms with Gasteiger partial charge in [0.1, 0.15) is 29.5 Å². The quantitative estimate of drug-likeness (QED) is 0.407. The van der Waals surface area contributed by atoms with Gasteiger partial charge in [0.15, 0.2) is 11.6 Å². The maximum atomic E-state index is 15.0. The number of nitrogens with one attached hydrogen (secondary N) is 2. The lowest BCUT2D eigenvalue weighted by atomic mass is 10.1. The van der Waals surface area contributed by atoms with Crippen LogP contribution in [0.2, 0.25) is 0 Å². The van der Waals surface area contributed by atoms with E-state index in [1.165, 1.54) is 25.3 Å². The molecular formula is C28H34F2N8. The van der Waals surface area contributed by atoms with Crippen molar-refractivity contribution in [2.75, 3.05) is 32.1 Å². The van der Waals surface area contributed by atoms with Crippen LogP contribution in [0.3, 0.4) is 0 Å². The van der Waals surface area contributed by atoms with E-state index in [0.717, 1.165) is 56.6 Å². The molecule has 200 valence electrons. The molecule has 1 fully saturated rings. The van der Waals surface area contributed by atoms with Gasteiger partial charge >= 0.3 is 0 Å². The molecule has 2 aliphatic heterocycles. The van der Waals surface area contributed by atoms with Crippen molar-refractivity contribution in [3.05, 3.63) is 65.3 Å². The number of benzene rings is 1. The number of hydrogen-bond donors (Lipinski definition) is 2. The number of nitrogens with zero attached hydrogens (tertiary/aromatic N) is 6. The maximum absolute atomic E-state index is 15.0. The van der Waals surface area contributed by atoms with Gasteiger partial charge in [0, 0.05) is 43.9 Å². The third-order valence-corrected chi connectivity index (χ3v) is 7.27. The fourth-order valence-corrected chi connectivity index (χ4v) is 5.26. The average molecular weight is 521 g/mol. The number of hydrogen-bond acceptors (Lipinski definition) is 7. The van der Waals surface area contributed by atoms with E-state index in [1.54, 1.807) is 6.07 Å². The molecule has 0 spiro atoms. The molecule has 0 bridgehead atoms. The van der Waals surface area contributed by atoms with Crippen molar-refractivity contribution in [1.29, 1.82) is 0 Å². The summed E-state index contributed by atoms with van der Waals surface area (Å²) in [5.41, 5.74) is 2.39. The zero-order valence-electron chi connectivity index (χ0n) is 21.8. The van der Waals surface area contributed by atoms with Gasteiger partial charge in [-0.3, -0.25) is 14.9 Å². The second-order valence-corrected chi connectivity index (χ2v) is 9.93. The van der Waals surface area contributed by atoms with Crippen LogP contribution in [0.5, 0.6) is 0 Å². The lowest BCUT2D eigenvalue weighted by molar-refractivity contribution is 0.222. The highest BCUT2D eigenvalue weighted by Gasteiger charge is 2.21. The first kappa shape index (κ1) is 26.1. The predicted octanol–water partition coefficient (Wildman–Crippen LogP) is 4.46. The van der Waals surface area contributed by atoms with Crippen molar-refractivity contribution in [3.63, 3.8) is 0 Å². The normalized spacial score (nSPS) is 18.6. The summed E-state index contributed by atoms with van der Waals surface area (Å²) in [5, 5.41) is 6.62. The van der Waals surface area contributed by atoms with Crippen molar-refractivity contribution in [2.45, 2.75) is 51.2 Å². The number of fused-ring (bicyclic) bond motifs is 3. The molecule has 38 heavy (non-hydrogen) atoms. The molecule has 1 unspecified atom stereocenters. The van der Waals surface area contributed by atoms with E-state index >= 15 is 0 Å². The van der Waals surface area contributed by atoms with Crippen LogP contribution in [0.1, 0.15) is 42.6 Å². The largest absolute Gasteiger partial charge is 0.351 e. The molecule has 0 saturated carbocycles. The number of likely N-dealkylation sites (N-methyl/N-ethyl adjacent to an activating group) is 1. The number of aromatic nitrogens is 3. The monoisotopic (exact) mass is 520 g/mol. The minimum Gasteiger partial charge on any atom is -0.351 e. The molecule has 1 aromatic carbocycles. The van der Waals surface area contributed by atoms with E-state index in [2.05, 4.69) is 49.3 Å². The van der Waals surface area contributed by atoms with Crippen LogP contribution in [0.25, 0.3) is 11.0 Å². The molecule has 5 rings (SSSR count). The van der Waals surface area contributed by atoms with Gasteiger partial charge in [-0.2, -0.15) is 0 Å². The Morgan fingerprint density at radius 1 is 1.32 bits per heavy atom. The van der Waals surface area contributed by atoms with Gasteiger partial charge in [-0.25, -0.2) is 18.7 Å². The Balaban J connectivity index is 1.29. The summed E-state index contributed by atoms with van der Waals surface area (Å²) >= 11 is 0. The van der Waals surface area contributed by atoms with Crippen molar-refractivity contribution < 1.29 is 8.78 Å². The third-order valence-electron chi connectivity index (χ3n) is 7.27. The number of aryl methyl sites for hydroxylation is 2. The van der Waals surface area contributed by atoms with Crippen LogP contribution in [0.15, 0.2) is 52.5 Å². The predicted molar refractivity (Wildman–Crippen MR) is 148 cm³/mol. The van der Waals surface area contributed by atoms with Crippen molar-refractivity contribution in [2.24, 2.45) is 9.98 Å². The molecule has 1 saturated heterocycles. The fraction of sp³-hybridized carbons (Fsp3) is 0.429. The van der Waals surface area contributed by atoms with E-state index in [0.29, 0.717) is 28.5 Å². The Labute approximate surface area is 221 Å². The summed E-state index contributed by atoms with van der Waals surface area (Å²) < 4.78 is 31.9. The third kappa shape index (κ3) is 5.81. The standard InChI is InChI=1S/C28H34F2N8/c1-31-16-23(30)27(20-12-22(29)28-24(13-20)38-11-5-7-26(38)36-28)35-18-34-25-9-8-19(14-33-25)17-37(2)21-6-3-4-10-32-15-21/h8-9,12-14,16,21,32H,1,3-7,10-11,15,17-18H2,2H3,(H,33,34)/b23-16+,35-27-. The molecule has 2 aromatic heterocycles. The molecule has 0 aliphatic carbocycles. The van der Waals surface area contributed by atoms with Gasteiger partial charge in [0.25, 0.3) is 0 Å². The molecule has 0 radical (unpaired) electrons. The van der Waals surface area contributed by atoms with E-state index in [9.17, 15) is 8.78 Å². The molecule has 8 nitrogen and oxygen atoms in total. The highest BCUT2D eigenvalue weighted by Crippen LogP contribution is 2.27. The summed E-state index contributed by atoms with van der Waals surface area (Å²) in [4.78, 5) is 19.2. The number of anilines is 1. The molecule has 2 N–H and O–H groups in total. The topological polar surface area (TPSA) is 82.7 Å². The first-order valence-electron chi connectivity index (χ1n) is 13.2. The zero-order valence-corrected chi connectivity index (χ0v) is 21.8. The van der Waals surface area contributed by atoms with Crippen molar-refractivity contribution in [3.8, 4) is 0 Å². The van der Waals surface area contributed by atoms with Gasteiger partial charge in [0.2, 0.25) is 0 Å². The molecule has 1 atom stereocenters. The van der Waals surface area contributed by atoms with Crippen molar-refractivity contribution >= 4 is 29.3 Å². The Morgan fingerprint density at radius 2 is 2.21 bits per heavy atom. The van der Waals surface area contributed by atoms with Gasteiger partial charge in [-0.05, 0) is 63.3 Å². The lowest BCUT2D eigenvalue weighted by Gasteiger charge is -2.27. The molecule has 10 heteroatoms. The van der Waals surface area contributed by atoms with E-state index in [1.807, 2.05) is 22.9 Å². The van der Waals surface area contributed by atoms with Gasteiger partial charge in [0.05, 0.1) is 11.7 Å². The van der Waals surface area contributed by atoms with Crippen LogP contribution in [-0.2, 0) is 19.5 Å². The van der Waals surface area contributed by atoms with Crippen LogP contribution >= 0.6 is 0 Å². The van der Waals surface area contributed by atoms with Crippen LogP contribution < -0.4 is 10.6 Å². The van der Waals surface area contributed by atoms with Crippen LogP contribution in [0.4, 0.5) is 14.6 Å². The van der Waals surface area contributed by atoms with Gasteiger partial charge < -0.3 is 15.2 Å². The Bertz CT molecular complexity index is 1340. The number of rotatable bonds is 9. The smallest absolute Gasteiger partial charge is 0.167 e. The Hall–Kier alpha value is -3.50. The highest BCUT2D eigenvalue weighted by molar-refractivity contribution is 6.12. The summed E-state index contributed by atoms with van der Waals surface area (Å²) in [5.74, 6) is 0.283. The fourth-order valence-electron chi connectivity index (χ4n) is 5.26. The van der Waals surface area contributed by atoms with Gasteiger partial charge in [-0.1, -0.05) is 12.5 Å². The molecule has 0 amide bonds. The zero-order chi connectivity index (χ0) is 26.5. The minimum absolute atomic E-state index is 0.00509. The van der Waals surface area contributed by atoms with E-state index in [4.69, 9.17) is 0 Å². The van der Waals surface area contributed by atoms with E-state index < -0.39 is 11.6 Å². The second kappa shape index (κ2) is 11.9. The lowest BCUT2D eigenvalue weighted by Crippen LogP contribution is -2.38. The Kier molecular flexibility index (Phi) is 8.19. The number of pyridine rings is 1. The van der Waals surface area contributed by atoms with Crippen LogP contribution in [-0.4, -0.2) is 64.7 Å². The number of aliphatic imine (C=N–C) groups is 2. The van der Waals surface area contributed by atoms with Gasteiger partial charge in [-0.15, -0.1) is 0 Å². The first-order chi connectivity index (χ1) is 18.5. The molecule has 4 heterocycles. The van der Waals surface area contributed by atoms with Crippen molar-refractivity contribution in [1.82, 2.24) is 24.8 Å². The molecule has 2 aliphatic rings. The molecular weight excluding hydrogens is 486 g/mol. The van der Waals surface area contributed by atoms with E-state index in [-0.39, 0.29) is 12.4 Å².